The van der Waals surface area contributed by atoms with Crippen molar-refractivity contribution in [1.29, 1.82) is 0 Å². The van der Waals surface area contributed by atoms with Crippen molar-refractivity contribution in [2.45, 2.75) is 13.5 Å². The molecule has 2 aromatic carbocycles. The molecule has 0 radical (unpaired) electrons. The summed E-state index contributed by atoms with van der Waals surface area (Å²) in [4.78, 5) is 16.9. The second-order valence-corrected chi connectivity index (χ2v) is 6.48. The zero-order chi connectivity index (χ0) is 18.0. The van der Waals surface area contributed by atoms with Crippen molar-refractivity contribution in [2.75, 3.05) is 7.05 Å². The molecule has 0 spiro atoms. The molecular formula is C18H16FN3O2S. The molecule has 0 N–H and O–H groups in total. The van der Waals surface area contributed by atoms with E-state index in [4.69, 9.17) is 0 Å². The van der Waals surface area contributed by atoms with Crippen molar-refractivity contribution in [3.05, 3.63) is 80.5 Å². The van der Waals surface area contributed by atoms with Crippen LogP contribution in [0.5, 0.6) is 0 Å². The highest BCUT2D eigenvalue weighted by atomic mass is 32.1. The van der Waals surface area contributed by atoms with Crippen LogP contribution in [0.25, 0.3) is 10.4 Å². The molecule has 0 amide bonds. The van der Waals surface area contributed by atoms with Gasteiger partial charge in [-0.2, -0.15) is 0 Å². The van der Waals surface area contributed by atoms with E-state index in [0.29, 0.717) is 12.1 Å². The first-order valence-electron chi connectivity index (χ1n) is 7.62. The Morgan fingerprint density at radius 3 is 2.52 bits per heavy atom. The highest BCUT2D eigenvalue weighted by Gasteiger charge is 2.17. The number of hydrogen-bond acceptors (Lipinski definition) is 4. The molecule has 7 heteroatoms. The van der Waals surface area contributed by atoms with Gasteiger partial charge in [-0.3, -0.25) is 15.1 Å². The Kier molecular flexibility index (Phi) is 4.76. The number of halogens is 1. The first kappa shape index (κ1) is 17.0. The van der Waals surface area contributed by atoms with Crippen LogP contribution in [0.2, 0.25) is 0 Å². The zero-order valence-electron chi connectivity index (χ0n) is 13.8. The van der Waals surface area contributed by atoms with Crippen LogP contribution in [0.15, 0.2) is 53.5 Å². The lowest BCUT2D eigenvalue weighted by Gasteiger charge is -2.08. The third kappa shape index (κ3) is 3.36. The van der Waals surface area contributed by atoms with E-state index in [2.05, 4.69) is 4.99 Å². The van der Waals surface area contributed by atoms with Crippen LogP contribution in [-0.4, -0.2) is 16.5 Å². The summed E-state index contributed by atoms with van der Waals surface area (Å²) in [6.45, 7) is 2.30. The van der Waals surface area contributed by atoms with E-state index in [1.54, 1.807) is 37.4 Å². The van der Waals surface area contributed by atoms with Crippen molar-refractivity contribution in [3.63, 3.8) is 0 Å². The van der Waals surface area contributed by atoms with Gasteiger partial charge in [0.1, 0.15) is 5.82 Å². The minimum atomic E-state index is -0.374. The SMILES string of the molecule is CN=c1sc(-c2ccc(F)cc2)c(C)n1Cc1ccccc1[N+](=O)[O-]. The smallest absolute Gasteiger partial charge is 0.274 e. The lowest BCUT2D eigenvalue weighted by Crippen LogP contribution is -2.17. The minimum Gasteiger partial charge on any atom is -0.316 e. The second kappa shape index (κ2) is 6.98. The molecule has 0 atom stereocenters. The summed E-state index contributed by atoms with van der Waals surface area (Å²) in [6.07, 6.45) is 0. The van der Waals surface area contributed by atoms with Crippen LogP contribution < -0.4 is 4.80 Å². The third-order valence-corrected chi connectivity index (χ3v) is 5.29. The van der Waals surface area contributed by atoms with Gasteiger partial charge in [0, 0.05) is 24.4 Å². The molecule has 25 heavy (non-hydrogen) atoms. The van der Waals surface area contributed by atoms with E-state index in [1.807, 2.05) is 11.5 Å². The van der Waals surface area contributed by atoms with Crippen LogP contribution in [0.1, 0.15) is 11.3 Å². The van der Waals surface area contributed by atoms with Crippen LogP contribution in [0.4, 0.5) is 10.1 Å². The van der Waals surface area contributed by atoms with Crippen molar-refractivity contribution in [2.24, 2.45) is 4.99 Å². The maximum Gasteiger partial charge on any atom is 0.274 e. The molecule has 3 rings (SSSR count). The van der Waals surface area contributed by atoms with Crippen LogP contribution in [0, 0.1) is 22.9 Å². The van der Waals surface area contributed by atoms with Gasteiger partial charge in [0.15, 0.2) is 4.80 Å². The normalized spacial score (nSPS) is 11.7. The fourth-order valence-corrected chi connectivity index (χ4v) is 3.80. The zero-order valence-corrected chi connectivity index (χ0v) is 14.6. The Morgan fingerprint density at radius 2 is 1.88 bits per heavy atom. The Hall–Kier alpha value is -2.80. The standard InChI is InChI=1S/C18H16FN3O2S/c1-12-17(13-7-9-15(19)10-8-13)25-18(20-2)21(12)11-14-5-3-4-6-16(14)22(23)24/h3-10H,11H2,1-2H3. The Balaban J connectivity index is 2.09. The summed E-state index contributed by atoms with van der Waals surface area (Å²) in [5, 5.41) is 11.2. The first-order chi connectivity index (χ1) is 12.0. The lowest BCUT2D eigenvalue weighted by molar-refractivity contribution is -0.385. The van der Waals surface area contributed by atoms with E-state index in [1.165, 1.54) is 29.5 Å². The molecule has 0 aliphatic carbocycles. The fourth-order valence-electron chi connectivity index (χ4n) is 2.70. The number of nitrogens with zero attached hydrogens (tertiary/aromatic N) is 3. The lowest BCUT2D eigenvalue weighted by atomic mass is 10.1. The Bertz CT molecular complexity index is 990. The third-order valence-electron chi connectivity index (χ3n) is 3.97. The Morgan fingerprint density at radius 1 is 1.20 bits per heavy atom. The average Bonchev–Trinajstić information content (AvgIpc) is 2.92. The van der Waals surface area contributed by atoms with Crippen molar-refractivity contribution < 1.29 is 9.31 Å². The quantitative estimate of drug-likeness (QED) is 0.520. The molecule has 0 saturated carbocycles. The van der Waals surface area contributed by atoms with Crippen molar-refractivity contribution >= 4 is 17.0 Å². The number of nitro benzene ring substituents is 1. The number of hydrogen-bond donors (Lipinski definition) is 0. The molecule has 0 unspecified atom stereocenters. The number of nitro groups is 1. The molecule has 5 nitrogen and oxygen atoms in total. The summed E-state index contributed by atoms with van der Waals surface area (Å²) >= 11 is 1.48. The number of thiazole rings is 1. The van der Waals surface area contributed by atoms with Crippen LogP contribution in [0.3, 0.4) is 0 Å². The molecular weight excluding hydrogens is 341 g/mol. The van der Waals surface area contributed by atoms with Gasteiger partial charge in [-0.25, -0.2) is 4.39 Å². The summed E-state index contributed by atoms with van der Waals surface area (Å²) in [6, 6.07) is 13.0. The molecule has 0 bridgehead atoms. The van der Waals surface area contributed by atoms with Gasteiger partial charge >= 0.3 is 0 Å². The molecule has 128 valence electrons. The summed E-state index contributed by atoms with van der Waals surface area (Å²) in [5.41, 5.74) is 2.55. The molecule has 1 aromatic heterocycles. The number of para-hydroxylation sites is 1. The van der Waals surface area contributed by atoms with Crippen molar-refractivity contribution in [1.82, 2.24) is 4.57 Å². The average molecular weight is 357 g/mol. The van der Waals surface area contributed by atoms with Crippen molar-refractivity contribution in [3.8, 4) is 10.4 Å². The monoisotopic (exact) mass is 357 g/mol. The van der Waals surface area contributed by atoms with Gasteiger partial charge in [0.2, 0.25) is 0 Å². The molecule has 0 aliphatic heterocycles. The highest BCUT2D eigenvalue weighted by Crippen LogP contribution is 2.28. The summed E-state index contributed by atoms with van der Waals surface area (Å²) in [5.74, 6) is -0.286. The molecule has 3 aromatic rings. The van der Waals surface area contributed by atoms with Gasteiger partial charge in [0.05, 0.1) is 16.3 Å². The number of benzene rings is 2. The van der Waals surface area contributed by atoms with Gasteiger partial charge in [-0.1, -0.05) is 41.7 Å². The fraction of sp³-hybridized carbons (Fsp3) is 0.167. The van der Waals surface area contributed by atoms with E-state index in [0.717, 1.165) is 20.9 Å². The molecule has 0 fully saturated rings. The van der Waals surface area contributed by atoms with Gasteiger partial charge < -0.3 is 4.57 Å². The highest BCUT2D eigenvalue weighted by molar-refractivity contribution is 7.13. The maximum absolute atomic E-state index is 13.2. The van der Waals surface area contributed by atoms with Crippen LogP contribution >= 0.6 is 11.3 Å². The topological polar surface area (TPSA) is 60.4 Å². The van der Waals surface area contributed by atoms with Gasteiger partial charge in [-0.15, -0.1) is 0 Å². The summed E-state index contributed by atoms with van der Waals surface area (Å²) in [7, 11) is 1.69. The predicted molar refractivity (Wildman–Crippen MR) is 96.1 cm³/mol. The largest absolute Gasteiger partial charge is 0.316 e. The minimum absolute atomic E-state index is 0.0889. The van der Waals surface area contributed by atoms with Gasteiger partial charge in [-0.05, 0) is 24.6 Å². The van der Waals surface area contributed by atoms with E-state index in [-0.39, 0.29) is 16.4 Å². The van der Waals surface area contributed by atoms with E-state index < -0.39 is 0 Å². The maximum atomic E-state index is 13.2. The number of rotatable bonds is 4. The summed E-state index contributed by atoms with van der Waals surface area (Å²) < 4.78 is 15.1. The van der Waals surface area contributed by atoms with E-state index >= 15 is 0 Å². The van der Waals surface area contributed by atoms with Crippen LogP contribution in [-0.2, 0) is 6.54 Å². The predicted octanol–water partition coefficient (Wildman–Crippen LogP) is 4.15. The van der Waals surface area contributed by atoms with Gasteiger partial charge in [0.25, 0.3) is 5.69 Å². The molecule has 0 aliphatic rings. The second-order valence-electron chi connectivity index (χ2n) is 5.50. The van der Waals surface area contributed by atoms with E-state index in [9.17, 15) is 14.5 Å². The molecule has 0 saturated heterocycles. The first-order valence-corrected chi connectivity index (χ1v) is 8.44. The number of aromatic nitrogens is 1. The Labute approximate surface area is 147 Å². The molecule has 1 heterocycles.